The standard InChI is InChI=1S/C31H49N5O5/c1-4-33(2)31(39)32-36-23-35(22-30(38)41-26-14-9-6-10-15-26)21-24-20-27(17-18-28(24)36)40-19-11-16-29(37)34(3)25-12-7-5-8-13-25/h17-18,20,25-26H,4-16,19,21-23H2,1-3H3,(H,32,39). The summed E-state index contributed by atoms with van der Waals surface area (Å²) in [5.74, 6) is 0.665. The lowest BCUT2D eigenvalue weighted by Crippen LogP contribution is -2.55. The number of hydrogen-bond donors (Lipinski definition) is 1. The molecule has 10 heteroatoms. The molecule has 0 unspecified atom stereocenters. The number of benzene rings is 1. The summed E-state index contributed by atoms with van der Waals surface area (Å²) in [7, 11) is 3.68. The molecule has 0 saturated heterocycles. The predicted molar refractivity (Wildman–Crippen MR) is 158 cm³/mol. The van der Waals surface area contributed by atoms with Crippen LogP contribution >= 0.6 is 0 Å². The second-order valence-electron chi connectivity index (χ2n) is 11.8. The van der Waals surface area contributed by atoms with E-state index in [1.54, 1.807) is 17.0 Å². The van der Waals surface area contributed by atoms with Crippen LogP contribution in [0, 0.1) is 0 Å². The van der Waals surface area contributed by atoms with Crippen LogP contribution in [0.5, 0.6) is 5.75 Å². The highest BCUT2D eigenvalue weighted by molar-refractivity contribution is 5.77. The number of amides is 3. The molecule has 1 aromatic rings. The lowest BCUT2D eigenvalue weighted by Gasteiger charge is -2.38. The molecule has 0 radical (unpaired) electrons. The smallest absolute Gasteiger partial charge is 0.335 e. The Balaban J connectivity index is 1.34. The van der Waals surface area contributed by atoms with Crippen molar-refractivity contribution in [3.05, 3.63) is 23.8 Å². The molecule has 0 atom stereocenters. The summed E-state index contributed by atoms with van der Waals surface area (Å²) in [4.78, 5) is 43.7. The summed E-state index contributed by atoms with van der Waals surface area (Å²) in [5.41, 5.74) is 4.80. The Morgan fingerprint density at radius 3 is 2.41 bits per heavy atom. The Morgan fingerprint density at radius 2 is 1.71 bits per heavy atom. The second kappa shape index (κ2) is 15.3. The first-order valence-electron chi connectivity index (χ1n) is 15.6. The molecule has 2 saturated carbocycles. The fraction of sp³-hybridized carbons (Fsp3) is 0.710. The zero-order chi connectivity index (χ0) is 29.2. The van der Waals surface area contributed by atoms with E-state index >= 15 is 0 Å². The van der Waals surface area contributed by atoms with Gasteiger partial charge in [0.05, 0.1) is 25.5 Å². The first-order valence-corrected chi connectivity index (χ1v) is 15.6. The summed E-state index contributed by atoms with van der Waals surface area (Å²) < 4.78 is 11.8. The third-order valence-electron chi connectivity index (χ3n) is 8.65. The summed E-state index contributed by atoms with van der Waals surface area (Å²) in [6.07, 6.45) is 12.3. The average molecular weight is 572 g/mol. The molecule has 3 amide bonds. The van der Waals surface area contributed by atoms with E-state index in [0.717, 1.165) is 49.8 Å². The van der Waals surface area contributed by atoms with Crippen LogP contribution < -0.4 is 15.2 Å². The van der Waals surface area contributed by atoms with Gasteiger partial charge in [-0.1, -0.05) is 25.7 Å². The molecule has 1 heterocycles. The number of carbonyl (C=O) groups excluding carboxylic acids is 3. The van der Waals surface area contributed by atoms with Gasteiger partial charge in [-0.2, -0.15) is 0 Å². The molecule has 228 valence electrons. The molecule has 1 aromatic carbocycles. The van der Waals surface area contributed by atoms with Gasteiger partial charge in [0.1, 0.15) is 11.9 Å². The van der Waals surface area contributed by atoms with Crippen molar-refractivity contribution in [3.8, 4) is 5.75 Å². The molecule has 0 aromatic heterocycles. The molecule has 4 rings (SSSR count). The average Bonchev–Trinajstić information content (AvgIpc) is 2.99. The summed E-state index contributed by atoms with van der Waals surface area (Å²) in [6.45, 7) is 3.99. The van der Waals surface area contributed by atoms with Crippen molar-refractivity contribution in [1.29, 1.82) is 0 Å². The topological polar surface area (TPSA) is 94.7 Å². The monoisotopic (exact) mass is 571 g/mol. The summed E-state index contributed by atoms with van der Waals surface area (Å²) >= 11 is 0. The minimum atomic E-state index is -0.229. The van der Waals surface area contributed by atoms with Crippen LogP contribution in [0.15, 0.2) is 18.2 Å². The number of nitrogens with one attached hydrogen (secondary N) is 1. The Bertz CT molecular complexity index is 1020. The second-order valence-corrected chi connectivity index (χ2v) is 11.8. The van der Waals surface area contributed by atoms with Crippen molar-refractivity contribution in [2.45, 2.75) is 103 Å². The van der Waals surface area contributed by atoms with Gasteiger partial charge >= 0.3 is 12.0 Å². The number of hydrazine groups is 1. The first-order chi connectivity index (χ1) is 19.8. The van der Waals surface area contributed by atoms with E-state index < -0.39 is 0 Å². The minimum Gasteiger partial charge on any atom is -0.494 e. The van der Waals surface area contributed by atoms with Gasteiger partial charge in [-0.15, -0.1) is 0 Å². The highest BCUT2D eigenvalue weighted by Gasteiger charge is 2.28. The van der Waals surface area contributed by atoms with Gasteiger partial charge in [-0.05, 0) is 75.6 Å². The molecule has 2 aliphatic carbocycles. The fourth-order valence-corrected chi connectivity index (χ4v) is 6.01. The fourth-order valence-electron chi connectivity index (χ4n) is 6.01. The van der Waals surface area contributed by atoms with Gasteiger partial charge < -0.3 is 19.3 Å². The van der Waals surface area contributed by atoms with E-state index in [-0.39, 0.29) is 30.6 Å². The predicted octanol–water partition coefficient (Wildman–Crippen LogP) is 4.67. The van der Waals surface area contributed by atoms with E-state index in [9.17, 15) is 14.4 Å². The van der Waals surface area contributed by atoms with Crippen molar-refractivity contribution < 1.29 is 23.9 Å². The molecule has 0 spiro atoms. The number of urea groups is 1. The Morgan fingerprint density at radius 1 is 1.00 bits per heavy atom. The molecule has 10 nitrogen and oxygen atoms in total. The Labute approximate surface area is 245 Å². The zero-order valence-electron chi connectivity index (χ0n) is 25.2. The normalized spacial score (nSPS) is 18.4. The summed E-state index contributed by atoms with van der Waals surface area (Å²) in [6, 6.07) is 5.96. The Kier molecular flexibility index (Phi) is 11.5. The van der Waals surface area contributed by atoms with E-state index in [0.29, 0.717) is 51.0 Å². The van der Waals surface area contributed by atoms with Crippen LogP contribution in [-0.2, 0) is 20.9 Å². The highest BCUT2D eigenvalue weighted by Crippen LogP contribution is 2.30. The van der Waals surface area contributed by atoms with Crippen molar-refractivity contribution in [2.24, 2.45) is 0 Å². The maximum absolute atomic E-state index is 12.8. The quantitative estimate of drug-likeness (QED) is 0.305. The third-order valence-corrected chi connectivity index (χ3v) is 8.65. The van der Waals surface area contributed by atoms with Gasteiger partial charge in [0.15, 0.2) is 0 Å². The van der Waals surface area contributed by atoms with Gasteiger partial charge in [0.25, 0.3) is 0 Å². The molecular formula is C31H49N5O5. The molecule has 2 fully saturated rings. The lowest BCUT2D eigenvalue weighted by atomic mass is 9.94. The first kappa shape index (κ1) is 30.9. The molecule has 0 bridgehead atoms. The molecule has 3 aliphatic rings. The van der Waals surface area contributed by atoms with E-state index in [1.807, 2.05) is 42.0 Å². The van der Waals surface area contributed by atoms with Crippen LogP contribution in [0.25, 0.3) is 0 Å². The van der Waals surface area contributed by atoms with Crippen LogP contribution in [0.2, 0.25) is 0 Å². The number of anilines is 1. The van der Waals surface area contributed by atoms with Gasteiger partial charge in [0.2, 0.25) is 5.91 Å². The van der Waals surface area contributed by atoms with Gasteiger partial charge in [-0.25, -0.2) is 10.2 Å². The number of nitrogens with zero attached hydrogens (tertiary/aromatic N) is 4. The van der Waals surface area contributed by atoms with Crippen LogP contribution in [0.4, 0.5) is 10.5 Å². The van der Waals surface area contributed by atoms with Crippen molar-refractivity contribution >= 4 is 23.6 Å². The third kappa shape index (κ3) is 8.99. The highest BCUT2D eigenvalue weighted by atomic mass is 16.5. The van der Waals surface area contributed by atoms with Crippen LogP contribution in [0.1, 0.15) is 89.5 Å². The molecule has 41 heavy (non-hydrogen) atoms. The number of esters is 1. The lowest BCUT2D eigenvalue weighted by molar-refractivity contribution is -0.152. The largest absolute Gasteiger partial charge is 0.494 e. The number of carbonyl (C=O) groups is 3. The minimum absolute atomic E-state index is 0.0108. The number of hydrogen-bond acceptors (Lipinski definition) is 7. The zero-order valence-corrected chi connectivity index (χ0v) is 25.2. The van der Waals surface area contributed by atoms with E-state index in [4.69, 9.17) is 9.47 Å². The molecule has 1 aliphatic heterocycles. The maximum Gasteiger partial charge on any atom is 0.335 e. The number of ether oxygens (including phenoxy) is 2. The number of rotatable bonds is 11. The molecule has 1 N–H and O–H groups in total. The van der Waals surface area contributed by atoms with E-state index in [1.165, 1.54) is 25.7 Å². The van der Waals surface area contributed by atoms with Crippen molar-refractivity contribution in [2.75, 3.05) is 45.5 Å². The number of fused-ring (bicyclic) bond motifs is 1. The van der Waals surface area contributed by atoms with Gasteiger partial charge in [-0.3, -0.25) is 19.5 Å². The van der Waals surface area contributed by atoms with Gasteiger partial charge in [0, 0.05) is 39.6 Å². The maximum atomic E-state index is 12.8. The van der Waals surface area contributed by atoms with Crippen molar-refractivity contribution in [3.63, 3.8) is 0 Å². The van der Waals surface area contributed by atoms with Crippen LogP contribution in [0.3, 0.4) is 0 Å². The van der Waals surface area contributed by atoms with E-state index in [2.05, 4.69) is 5.43 Å². The molecular weight excluding hydrogens is 522 g/mol. The summed E-state index contributed by atoms with van der Waals surface area (Å²) in [5, 5.41) is 1.78. The van der Waals surface area contributed by atoms with Crippen molar-refractivity contribution in [1.82, 2.24) is 20.1 Å². The van der Waals surface area contributed by atoms with Crippen LogP contribution in [-0.4, -0.2) is 85.2 Å². The Hall–Kier alpha value is -3.01. The SMILES string of the molecule is CCN(C)C(=O)NN1CN(CC(=O)OC2CCCCC2)Cc2cc(OCCCC(=O)N(C)C3CCCCC3)ccc21.